The predicted molar refractivity (Wildman–Crippen MR) is 79.9 cm³/mol. The molecule has 0 aromatic heterocycles. The van der Waals surface area contributed by atoms with Gasteiger partial charge in [-0.25, -0.2) is 4.79 Å². The van der Waals surface area contributed by atoms with Gasteiger partial charge in [-0.05, 0) is 38.5 Å². The summed E-state index contributed by atoms with van der Waals surface area (Å²) < 4.78 is 5.30. The molecule has 0 bridgehead atoms. The fourth-order valence-corrected chi connectivity index (χ4v) is 1.91. The van der Waals surface area contributed by atoms with Crippen LogP contribution >= 0.6 is 0 Å². The first-order chi connectivity index (χ1) is 9.11. The van der Waals surface area contributed by atoms with Gasteiger partial charge in [0, 0.05) is 11.8 Å². The van der Waals surface area contributed by atoms with Crippen molar-refractivity contribution in [3.63, 3.8) is 0 Å². The highest BCUT2D eigenvalue weighted by atomic mass is 16.6. The molecule has 0 heterocycles. The van der Waals surface area contributed by atoms with E-state index in [1.165, 1.54) is 0 Å². The van der Waals surface area contributed by atoms with Crippen LogP contribution in [-0.4, -0.2) is 17.4 Å². The monoisotopic (exact) mass is 276 g/mol. The van der Waals surface area contributed by atoms with E-state index in [1.54, 1.807) is 12.1 Å². The first-order valence-corrected chi connectivity index (χ1v) is 6.99. The van der Waals surface area contributed by atoms with Crippen molar-refractivity contribution in [2.45, 2.75) is 53.1 Å². The second kappa shape index (κ2) is 6.21. The van der Waals surface area contributed by atoms with Crippen LogP contribution in [0.15, 0.2) is 24.3 Å². The van der Waals surface area contributed by atoms with Crippen molar-refractivity contribution >= 4 is 11.8 Å². The molecule has 0 aliphatic rings. The summed E-state index contributed by atoms with van der Waals surface area (Å²) in [6.45, 7) is 11.2. The Kier molecular flexibility index (Phi) is 5.09. The highest BCUT2D eigenvalue weighted by molar-refractivity contribution is 5.90. The lowest BCUT2D eigenvalue weighted by atomic mass is 9.90. The van der Waals surface area contributed by atoms with E-state index in [4.69, 9.17) is 4.74 Å². The average Bonchev–Trinajstić information content (AvgIpc) is 2.35. The maximum Gasteiger partial charge on any atom is 0.338 e. The topological polar surface area (TPSA) is 43.4 Å². The van der Waals surface area contributed by atoms with Gasteiger partial charge in [0.05, 0.1) is 5.56 Å². The van der Waals surface area contributed by atoms with Gasteiger partial charge in [0.1, 0.15) is 11.4 Å². The second-order valence-corrected chi connectivity index (χ2v) is 6.40. The molecule has 0 radical (unpaired) electrons. The van der Waals surface area contributed by atoms with E-state index in [1.807, 2.05) is 53.7 Å². The number of rotatable bonds is 4. The van der Waals surface area contributed by atoms with E-state index in [-0.39, 0.29) is 23.6 Å². The normalized spacial score (nSPS) is 13.2. The number of carbonyl (C=O) groups is 2. The minimum absolute atomic E-state index is 0.00975. The lowest BCUT2D eigenvalue weighted by Crippen LogP contribution is -2.24. The van der Waals surface area contributed by atoms with E-state index in [9.17, 15) is 9.59 Å². The van der Waals surface area contributed by atoms with Crippen LogP contribution in [0.1, 0.15) is 63.4 Å². The summed E-state index contributed by atoms with van der Waals surface area (Å²) in [5.41, 5.74) is 0.931. The molecule has 1 rings (SSSR count). The number of ether oxygens (including phenoxy) is 1. The molecule has 0 aliphatic carbocycles. The molecular formula is C17H24O3. The van der Waals surface area contributed by atoms with Crippen molar-refractivity contribution in [3.05, 3.63) is 35.4 Å². The maximum atomic E-state index is 12.0. The van der Waals surface area contributed by atoms with Crippen LogP contribution in [-0.2, 0) is 9.53 Å². The van der Waals surface area contributed by atoms with Gasteiger partial charge in [-0.15, -0.1) is 0 Å². The number of Topliss-reactive ketones (excluding diaryl/α,β-unsaturated/α-hetero) is 1. The van der Waals surface area contributed by atoms with Crippen molar-refractivity contribution in [1.29, 1.82) is 0 Å². The maximum absolute atomic E-state index is 12.0. The molecule has 0 amide bonds. The molecule has 1 aromatic carbocycles. The Morgan fingerprint density at radius 1 is 1.00 bits per heavy atom. The third-order valence-corrected chi connectivity index (χ3v) is 3.04. The summed E-state index contributed by atoms with van der Waals surface area (Å²) in [7, 11) is 0. The number of carbonyl (C=O) groups excluding carboxylic acids is 2. The van der Waals surface area contributed by atoms with E-state index in [0.29, 0.717) is 5.56 Å². The predicted octanol–water partition coefficient (Wildman–Crippen LogP) is 3.97. The quantitative estimate of drug-likeness (QED) is 0.781. The van der Waals surface area contributed by atoms with Gasteiger partial charge in [-0.3, -0.25) is 4.79 Å². The van der Waals surface area contributed by atoms with Crippen LogP contribution in [0.3, 0.4) is 0 Å². The minimum Gasteiger partial charge on any atom is -0.456 e. The van der Waals surface area contributed by atoms with Crippen molar-refractivity contribution < 1.29 is 14.3 Å². The number of benzene rings is 1. The number of esters is 1. The third kappa shape index (κ3) is 4.48. The number of hydrogen-bond acceptors (Lipinski definition) is 3. The SMILES string of the molecule is CC(C)C(=O)C(C)c1ccc(C(=O)OC(C)(C)C)cc1. The van der Waals surface area contributed by atoms with Gasteiger partial charge in [0.2, 0.25) is 0 Å². The zero-order chi connectivity index (χ0) is 15.5. The lowest BCUT2D eigenvalue weighted by Gasteiger charge is -2.19. The van der Waals surface area contributed by atoms with Gasteiger partial charge in [0.15, 0.2) is 0 Å². The molecule has 0 N–H and O–H groups in total. The zero-order valence-electron chi connectivity index (χ0n) is 13.2. The van der Waals surface area contributed by atoms with Gasteiger partial charge in [-0.2, -0.15) is 0 Å². The molecule has 1 aromatic rings. The molecule has 0 aliphatic heterocycles. The van der Waals surface area contributed by atoms with Gasteiger partial charge in [-0.1, -0.05) is 32.9 Å². The standard InChI is InChI=1S/C17H24O3/c1-11(2)15(18)12(3)13-7-9-14(10-8-13)16(19)20-17(4,5)6/h7-12H,1-6H3. The Morgan fingerprint density at radius 3 is 1.90 bits per heavy atom. The van der Waals surface area contributed by atoms with Crippen LogP contribution in [0.25, 0.3) is 0 Å². The summed E-state index contributed by atoms with van der Waals surface area (Å²) in [4.78, 5) is 23.9. The van der Waals surface area contributed by atoms with Crippen LogP contribution < -0.4 is 0 Å². The second-order valence-electron chi connectivity index (χ2n) is 6.40. The fraction of sp³-hybridized carbons (Fsp3) is 0.529. The van der Waals surface area contributed by atoms with Crippen LogP contribution in [0, 0.1) is 5.92 Å². The minimum atomic E-state index is -0.503. The fourth-order valence-electron chi connectivity index (χ4n) is 1.91. The van der Waals surface area contributed by atoms with Crippen molar-refractivity contribution in [2.24, 2.45) is 5.92 Å². The van der Waals surface area contributed by atoms with Crippen molar-refractivity contribution in [2.75, 3.05) is 0 Å². The number of ketones is 1. The van der Waals surface area contributed by atoms with E-state index < -0.39 is 5.60 Å². The van der Waals surface area contributed by atoms with E-state index in [2.05, 4.69) is 0 Å². The molecule has 110 valence electrons. The summed E-state index contributed by atoms with van der Waals surface area (Å²) in [6, 6.07) is 7.08. The highest BCUT2D eigenvalue weighted by Crippen LogP contribution is 2.21. The molecule has 0 saturated heterocycles. The highest BCUT2D eigenvalue weighted by Gasteiger charge is 2.20. The Hall–Kier alpha value is -1.64. The van der Waals surface area contributed by atoms with Crippen molar-refractivity contribution in [3.8, 4) is 0 Å². The molecular weight excluding hydrogens is 252 g/mol. The average molecular weight is 276 g/mol. The van der Waals surface area contributed by atoms with E-state index >= 15 is 0 Å². The molecule has 0 fully saturated rings. The third-order valence-electron chi connectivity index (χ3n) is 3.04. The first kappa shape index (κ1) is 16.4. The van der Waals surface area contributed by atoms with Crippen LogP contribution in [0.5, 0.6) is 0 Å². The summed E-state index contributed by atoms with van der Waals surface area (Å²) in [6.07, 6.45) is 0. The molecule has 20 heavy (non-hydrogen) atoms. The Balaban J connectivity index is 2.84. The molecule has 1 unspecified atom stereocenters. The summed E-state index contributed by atoms with van der Waals surface area (Å²) in [5.74, 6) is -0.278. The molecule has 3 nitrogen and oxygen atoms in total. The number of hydrogen-bond donors (Lipinski definition) is 0. The lowest BCUT2D eigenvalue weighted by molar-refractivity contribution is -0.123. The summed E-state index contributed by atoms with van der Waals surface area (Å²) in [5, 5.41) is 0. The van der Waals surface area contributed by atoms with Crippen molar-refractivity contribution in [1.82, 2.24) is 0 Å². The van der Waals surface area contributed by atoms with E-state index in [0.717, 1.165) is 5.56 Å². The summed E-state index contributed by atoms with van der Waals surface area (Å²) >= 11 is 0. The Bertz CT molecular complexity index is 478. The molecule has 0 saturated carbocycles. The first-order valence-electron chi connectivity index (χ1n) is 6.99. The molecule has 0 spiro atoms. The van der Waals surface area contributed by atoms with Gasteiger partial charge in [0.25, 0.3) is 0 Å². The van der Waals surface area contributed by atoms with Gasteiger partial charge >= 0.3 is 5.97 Å². The Morgan fingerprint density at radius 2 is 1.50 bits per heavy atom. The molecule has 1 atom stereocenters. The smallest absolute Gasteiger partial charge is 0.338 e. The largest absolute Gasteiger partial charge is 0.456 e. The van der Waals surface area contributed by atoms with Crippen LogP contribution in [0.2, 0.25) is 0 Å². The zero-order valence-corrected chi connectivity index (χ0v) is 13.2. The van der Waals surface area contributed by atoms with Gasteiger partial charge < -0.3 is 4.74 Å². The Labute approximate surface area is 121 Å². The molecule has 3 heteroatoms. The van der Waals surface area contributed by atoms with Crippen LogP contribution in [0.4, 0.5) is 0 Å².